The minimum absolute atomic E-state index is 0.0418. The molecule has 1 aromatic rings. The van der Waals surface area contributed by atoms with E-state index in [9.17, 15) is 4.79 Å². The summed E-state index contributed by atoms with van der Waals surface area (Å²) in [7, 11) is 0. The summed E-state index contributed by atoms with van der Waals surface area (Å²) in [5.74, 6) is 2.26. The van der Waals surface area contributed by atoms with Gasteiger partial charge in [0, 0.05) is 18.3 Å². The van der Waals surface area contributed by atoms with Gasteiger partial charge in [-0.15, -0.1) is 0 Å². The lowest BCUT2D eigenvalue weighted by atomic mass is 9.80. The van der Waals surface area contributed by atoms with Crippen molar-refractivity contribution in [3.8, 4) is 0 Å². The smallest absolute Gasteiger partial charge is 0.231 e. The summed E-state index contributed by atoms with van der Waals surface area (Å²) in [6.45, 7) is 13.9. The van der Waals surface area contributed by atoms with Gasteiger partial charge in [-0.1, -0.05) is 39.8 Å². The fourth-order valence-corrected chi connectivity index (χ4v) is 4.81. The molecule has 2 aliphatic rings. The van der Waals surface area contributed by atoms with E-state index in [2.05, 4.69) is 63.0 Å². The number of nitrogens with one attached hydrogen (secondary N) is 1. The number of hydrogen-bond donors (Lipinski definition) is 1. The highest BCUT2D eigenvalue weighted by molar-refractivity contribution is 6.02. The molecular weight excluding hydrogens is 320 g/mol. The van der Waals surface area contributed by atoms with Crippen molar-refractivity contribution >= 4 is 11.6 Å². The van der Waals surface area contributed by atoms with Crippen LogP contribution >= 0.6 is 0 Å². The quantitative estimate of drug-likeness (QED) is 0.742. The Hall–Kier alpha value is -1.35. The molecule has 1 saturated heterocycles. The molecule has 3 heteroatoms. The second-order valence-corrected chi connectivity index (χ2v) is 8.98. The van der Waals surface area contributed by atoms with Crippen LogP contribution in [0.15, 0.2) is 18.2 Å². The Morgan fingerprint density at radius 1 is 1.23 bits per heavy atom. The van der Waals surface area contributed by atoms with Crippen molar-refractivity contribution in [2.24, 2.45) is 11.8 Å². The number of nitrogens with zero attached hydrogens (tertiary/aromatic N) is 1. The molecule has 0 bridgehead atoms. The van der Waals surface area contributed by atoms with Crippen LogP contribution in [-0.4, -0.2) is 29.9 Å². The van der Waals surface area contributed by atoms with E-state index in [1.54, 1.807) is 0 Å². The fraction of sp³-hybridized carbons (Fsp3) is 0.696. The van der Waals surface area contributed by atoms with Gasteiger partial charge in [-0.2, -0.15) is 0 Å². The summed E-state index contributed by atoms with van der Waals surface area (Å²) in [5.41, 5.74) is 3.65. The number of fused-ring (bicyclic) bond motifs is 1. The average molecular weight is 357 g/mol. The molecule has 26 heavy (non-hydrogen) atoms. The molecule has 1 fully saturated rings. The minimum atomic E-state index is 0.0418. The largest absolute Gasteiger partial charge is 0.325 e. The molecule has 0 spiro atoms. The van der Waals surface area contributed by atoms with Gasteiger partial charge in [-0.05, 0) is 74.1 Å². The molecule has 0 radical (unpaired) electrons. The zero-order valence-electron chi connectivity index (χ0n) is 17.2. The monoisotopic (exact) mass is 356 g/mol. The summed E-state index contributed by atoms with van der Waals surface area (Å²) >= 11 is 0. The van der Waals surface area contributed by atoms with Crippen LogP contribution in [0.25, 0.3) is 0 Å². The number of benzene rings is 1. The maximum atomic E-state index is 12.1. The summed E-state index contributed by atoms with van der Waals surface area (Å²) in [6, 6.07) is 7.41. The van der Waals surface area contributed by atoms with Gasteiger partial charge in [0.15, 0.2) is 0 Å². The van der Waals surface area contributed by atoms with Crippen molar-refractivity contribution in [2.75, 3.05) is 18.4 Å². The maximum absolute atomic E-state index is 12.1. The molecular formula is C23H36N2O. The summed E-state index contributed by atoms with van der Waals surface area (Å²) in [4.78, 5) is 14.8. The van der Waals surface area contributed by atoms with Gasteiger partial charge in [-0.3, -0.25) is 4.79 Å². The summed E-state index contributed by atoms with van der Waals surface area (Å²) < 4.78 is 0. The van der Waals surface area contributed by atoms with Crippen LogP contribution in [0.5, 0.6) is 0 Å². The zero-order chi connectivity index (χ0) is 18.8. The molecule has 3 rings (SSSR count). The Kier molecular flexibility index (Phi) is 6.06. The third-order valence-corrected chi connectivity index (χ3v) is 6.59. The number of likely N-dealkylation sites (tertiary alicyclic amines) is 1. The van der Waals surface area contributed by atoms with E-state index in [4.69, 9.17) is 0 Å². The molecule has 4 unspecified atom stereocenters. The van der Waals surface area contributed by atoms with Crippen molar-refractivity contribution in [2.45, 2.75) is 78.2 Å². The van der Waals surface area contributed by atoms with Crippen LogP contribution in [0.2, 0.25) is 0 Å². The minimum Gasteiger partial charge on any atom is -0.325 e. The van der Waals surface area contributed by atoms with Crippen LogP contribution in [0.4, 0.5) is 5.69 Å². The maximum Gasteiger partial charge on any atom is 0.231 e. The predicted molar refractivity (Wildman–Crippen MR) is 110 cm³/mol. The van der Waals surface area contributed by atoms with Crippen LogP contribution in [-0.2, 0) is 4.79 Å². The lowest BCUT2D eigenvalue weighted by Gasteiger charge is -2.40. The number of amides is 1. The van der Waals surface area contributed by atoms with Crippen molar-refractivity contribution < 1.29 is 4.79 Å². The predicted octanol–water partition coefficient (Wildman–Crippen LogP) is 5.38. The number of piperidine rings is 1. The third kappa shape index (κ3) is 3.98. The zero-order valence-corrected chi connectivity index (χ0v) is 17.2. The number of anilines is 1. The highest BCUT2D eigenvalue weighted by Gasteiger charge is 2.32. The molecule has 0 aliphatic carbocycles. The van der Waals surface area contributed by atoms with Crippen molar-refractivity contribution in [3.05, 3.63) is 29.3 Å². The Balaban J connectivity index is 1.65. The summed E-state index contributed by atoms with van der Waals surface area (Å²) in [5, 5.41) is 3.10. The standard InChI is InChI=1S/C23H36N2O/c1-6-19-21-10-9-18(13-22(21)24-23(19)26)20-11-12-25(14-16(20)4)17(5)8-7-15(2)3/h9-10,13,15-17,19-20H,6-8,11-12,14H2,1-5H3,(H,24,26). The van der Waals surface area contributed by atoms with Gasteiger partial charge < -0.3 is 10.2 Å². The highest BCUT2D eigenvalue weighted by Crippen LogP contribution is 2.40. The van der Waals surface area contributed by atoms with E-state index in [0.29, 0.717) is 17.9 Å². The molecule has 4 atom stereocenters. The first kappa shape index (κ1) is 19.4. The first-order valence-corrected chi connectivity index (χ1v) is 10.6. The molecule has 2 heterocycles. The number of carbonyl (C=O) groups is 1. The van der Waals surface area contributed by atoms with Crippen LogP contribution in [0, 0.1) is 11.8 Å². The Labute approximate surface area is 159 Å². The van der Waals surface area contributed by atoms with E-state index < -0.39 is 0 Å². The normalized spacial score (nSPS) is 27.5. The molecule has 1 aromatic carbocycles. The molecule has 3 nitrogen and oxygen atoms in total. The van der Waals surface area contributed by atoms with Crippen LogP contribution in [0.3, 0.4) is 0 Å². The van der Waals surface area contributed by atoms with Gasteiger partial charge in [0.25, 0.3) is 0 Å². The second kappa shape index (κ2) is 8.12. The molecule has 144 valence electrons. The Bertz CT molecular complexity index is 639. The van der Waals surface area contributed by atoms with E-state index in [0.717, 1.165) is 18.0 Å². The van der Waals surface area contributed by atoms with E-state index in [-0.39, 0.29) is 11.8 Å². The number of rotatable bonds is 6. The van der Waals surface area contributed by atoms with Gasteiger partial charge >= 0.3 is 0 Å². The van der Waals surface area contributed by atoms with E-state index in [1.165, 1.54) is 43.5 Å². The Morgan fingerprint density at radius 3 is 2.65 bits per heavy atom. The Morgan fingerprint density at radius 2 is 2.00 bits per heavy atom. The third-order valence-electron chi connectivity index (χ3n) is 6.59. The molecule has 0 saturated carbocycles. The summed E-state index contributed by atoms with van der Waals surface area (Å²) in [6.07, 6.45) is 4.72. The van der Waals surface area contributed by atoms with Crippen molar-refractivity contribution in [1.29, 1.82) is 0 Å². The van der Waals surface area contributed by atoms with Gasteiger partial charge in [0.05, 0.1) is 5.92 Å². The first-order chi connectivity index (χ1) is 12.4. The first-order valence-electron chi connectivity index (χ1n) is 10.6. The van der Waals surface area contributed by atoms with Crippen molar-refractivity contribution in [1.82, 2.24) is 4.90 Å². The van der Waals surface area contributed by atoms with Gasteiger partial charge in [-0.25, -0.2) is 0 Å². The SMILES string of the molecule is CCC1C(=O)Nc2cc(C3CCN(C(C)CCC(C)C)CC3C)ccc21. The molecule has 1 N–H and O–H groups in total. The number of carbonyl (C=O) groups excluding carboxylic acids is 1. The molecule has 0 aromatic heterocycles. The lowest BCUT2D eigenvalue weighted by molar-refractivity contribution is -0.117. The average Bonchev–Trinajstić information content (AvgIpc) is 2.93. The topological polar surface area (TPSA) is 32.3 Å². The fourth-order valence-electron chi connectivity index (χ4n) is 4.81. The molecule has 1 amide bonds. The number of hydrogen-bond acceptors (Lipinski definition) is 2. The van der Waals surface area contributed by atoms with Gasteiger partial charge in [0.2, 0.25) is 5.91 Å². The molecule has 2 aliphatic heterocycles. The lowest BCUT2D eigenvalue weighted by Crippen LogP contribution is -2.43. The highest BCUT2D eigenvalue weighted by atomic mass is 16.2. The van der Waals surface area contributed by atoms with Crippen LogP contribution < -0.4 is 5.32 Å². The van der Waals surface area contributed by atoms with E-state index in [1.807, 2.05) is 0 Å². The van der Waals surface area contributed by atoms with Crippen LogP contribution in [0.1, 0.15) is 83.3 Å². The van der Waals surface area contributed by atoms with Gasteiger partial charge in [0.1, 0.15) is 0 Å². The second-order valence-electron chi connectivity index (χ2n) is 8.98. The van der Waals surface area contributed by atoms with E-state index >= 15 is 0 Å². The van der Waals surface area contributed by atoms with Crippen molar-refractivity contribution in [3.63, 3.8) is 0 Å².